The molecule has 8 nitrogen and oxygen atoms in total. The highest BCUT2D eigenvalue weighted by atomic mass is 32.2. The summed E-state index contributed by atoms with van der Waals surface area (Å²) in [7, 11) is -3.65. The van der Waals surface area contributed by atoms with Crippen LogP contribution in [0.3, 0.4) is 0 Å². The third-order valence-corrected chi connectivity index (χ3v) is 3.25. The maximum Gasteiger partial charge on any atom is 0.299 e. The minimum absolute atomic E-state index is 0.119. The molecule has 9 heteroatoms. The molecule has 0 saturated heterocycles. The van der Waals surface area contributed by atoms with E-state index in [1.54, 1.807) is 24.3 Å². The van der Waals surface area contributed by atoms with Gasteiger partial charge in [0.15, 0.2) is 5.84 Å². The number of para-hydroxylation sites is 2. The van der Waals surface area contributed by atoms with Gasteiger partial charge in [-0.15, -0.1) is 0 Å². The van der Waals surface area contributed by atoms with Crippen molar-refractivity contribution < 1.29 is 18.4 Å². The van der Waals surface area contributed by atoms with Crippen LogP contribution in [0, 0.1) is 0 Å². The summed E-state index contributed by atoms with van der Waals surface area (Å²) in [6.07, 6.45) is 0.683. The summed E-state index contributed by atoms with van der Waals surface area (Å²) < 4.78 is 33.5. The summed E-state index contributed by atoms with van der Waals surface area (Å²) in [6, 6.07) is 6.46. The number of rotatable bonds is 8. The van der Waals surface area contributed by atoms with Gasteiger partial charge in [-0.2, -0.15) is 13.1 Å². The van der Waals surface area contributed by atoms with Gasteiger partial charge >= 0.3 is 0 Å². The van der Waals surface area contributed by atoms with Crippen LogP contribution in [-0.2, 0) is 10.2 Å². The van der Waals surface area contributed by atoms with Gasteiger partial charge in [0.2, 0.25) is 0 Å². The Labute approximate surface area is 117 Å². The molecule has 0 heterocycles. The molecule has 0 spiro atoms. The summed E-state index contributed by atoms with van der Waals surface area (Å²) in [5, 5.41) is 11.2. The van der Waals surface area contributed by atoms with E-state index < -0.39 is 10.2 Å². The molecule has 0 atom stereocenters. The fourth-order valence-corrected chi connectivity index (χ4v) is 2.28. The van der Waals surface area contributed by atoms with Gasteiger partial charge in [0.1, 0.15) is 12.4 Å². The minimum Gasteiger partial charge on any atom is -0.483 e. The van der Waals surface area contributed by atoms with Crippen molar-refractivity contribution in [3.05, 3.63) is 24.3 Å². The van der Waals surface area contributed by atoms with Gasteiger partial charge in [-0.3, -0.25) is 4.72 Å². The van der Waals surface area contributed by atoms with E-state index in [1.165, 1.54) is 0 Å². The average molecular weight is 302 g/mol. The Kier molecular flexibility index (Phi) is 6.07. The van der Waals surface area contributed by atoms with Crippen LogP contribution in [0.4, 0.5) is 5.69 Å². The monoisotopic (exact) mass is 302 g/mol. The normalized spacial score (nSPS) is 12.2. The van der Waals surface area contributed by atoms with E-state index in [1.807, 2.05) is 6.92 Å². The van der Waals surface area contributed by atoms with Gasteiger partial charge < -0.3 is 15.7 Å². The summed E-state index contributed by atoms with van der Waals surface area (Å²) >= 11 is 0. The van der Waals surface area contributed by atoms with Crippen LogP contribution in [0.15, 0.2) is 29.4 Å². The first-order chi connectivity index (χ1) is 9.48. The maximum atomic E-state index is 11.7. The first kappa shape index (κ1) is 16.1. The molecule has 0 fully saturated rings. The first-order valence-electron chi connectivity index (χ1n) is 5.94. The number of nitrogens with two attached hydrogens (primary N) is 1. The lowest BCUT2D eigenvalue weighted by molar-refractivity contribution is 0.306. The van der Waals surface area contributed by atoms with Gasteiger partial charge in [-0.1, -0.05) is 24.2 Å². The number of oxime groups is 1. The molecule has 0 bridgehead atoms. The van der Waals surface area contributed by atoms with Gasteiger partial charge in [0.25, 0.3) is 10.2 Å². The highest BCUT2D eigenvalue weighted by Gasteiger charge is 2.12. The smallest absolute Gasteiger partial charge is 0.299 e. The van der Waals surface area contributed by atoms with E-state index in [-0.39, 0.29) is 23.9 Å². The molecule has 5 N–H and O–H groups in total. The fourth-order valence-electron chi connectivity index (χ4n) is 1.27. The van der Waals surface area contributed by atoms with Gasteiger partial charge in [-0.05, 0) is 18.6 Å². The largest absolute Gasteiger partial charge is 0.483 e. The summed E-state index contributed by atoms with van der Waals surface area (Å²) in [5.41, 5.74) is 5.55. The van der Waals surface area contributed by atoms with Gasteiger partial charge in [-0.25, -0.2) is 0 Å². The molecular formula is C11H18N4O4S. The van der Waals surface area contributed by atoms with Crippen molar-refractivity contribution in [3.8, 4) is 5.75 Å². The molecule has 1 aromatic rings. The van der Waals surface area contributed by atoms with Crippen molar-refractivity contribution in [2.45, 2.75) is 13.3 Å². The SMILES string of the molecule is CCCNS(=O)(=O)Nc1ccccc1OC/C(N)=N/O. The van der Waals surface area contributed by atoms with Crippen molar-refractivity contribution in [3.63, 3.8) is 0 Å². The van der Waals surface area contributed by atoms with Crippen LogP contribution in [0.2, 0.25) is 0 Å². The van der Waals surface area contributed by atoms with Crippen LogP contribution in [0.25, 0.3) is 0 Å². The lowest BCUT2D eigenvalue weighted by atomic mass is 10.3. The molecule has 0 radical (unpaired) electrons. The number of ether oxygens (including phenoxy) is 1. The Morgan fingerprint density at radius 3 is 2.80 bits per heavy atom. The zero-order valence-electron chi connectivity index (χ0n) is 11.0. The lowest BCUT2D eigenvalue weighted by Crippen LogP contribution is -2.31. The molecule has 0 aliphatic rings. The number of hydrogen-bond donors (Lipinski definition) is 4. The molecule has 0 aliphatic heterocycles. The molecule has 0 amide bonds. The third kappa shape index (κ3) is 5.33. The van der Waals surface area contributed by atoms with Crippen molar-refractivity contribution in [2.75, 3.05) is 17.9 Å². The Bertz CT molecular complexity index is 559. The second kappa shape index (κ2) is 7.56. The van der Waals surface area contributed by atoms with E-state index in [2.05, 4.69) is 14.6 Å². The quantitative estimate of drug-likeness (QED) is 0.240. The summed E-state index contributed by atoms with van der Waals surface area (Å²) in [5.74, 6) is 0.160. The van der Waals surface area contributed by atoms with Crippen LogP contribution in [0.5, 0.6) is 5.75 Å². The van der Waals surface area contributed by atoms with Crippen molar-refractivity contribution >= 4 is 21.7 Å². The lowest BCUT2D eigenvalue weighted by Gasteiger charge is -2.13. The Balaban J connectivity index is 2.80. The van der Waals surface area contributed by atoms with Crippen molar-refractivity contribution in [2.24, 2.45) is 10.9 Å². The van der Waals surface area contributed by atoms with E-state index in [9.17, 15) is 8.42 Å². The topological polar surface area (TPSA) is 126 Å². The zero-order chi connectivity index (χ0) is 15.0. The number of nitrogens with one attached hydrogen (secondary N) is 2. The van der Waals surface area contributed by atoms with Crippen LogP contribution in [0.1, 0.15) is 13.3 Å². The molecule has 0 saturated carbocycles. The molecule has 1 rings (SSSR count). The highest BCUT2D eigenvalue weighted by Crippen LogP contribution is 2.24. The minimum atomic E-state index is -3.65. The summed E-state index contributed by atoms with van der Waals surface area (Å²) in [6.45, 7) is 2.04. The highest BCUT2D eigenvalue weighted by molar-refractivity contribution is 7.90. The molecule has 0 unspecified atom stereocenters. The van der Waals surface area contributed by atoms with Crippen molar-refractivity contribution in [1.82, 2.24) is 4.72 Å². The number of anilines is 1. The number of benzene rings is 1. The number of nitrogens with zero attached hydrogens (tertiary/aromatic N) is 1. The molecular weight excluding hydrogens is 284 g/mol. The fraction of sp³-hybridized carbons (Fsp3) is 0.364. The van der Waals surface area contributed by atoms with Gasteiger partial charge in [0, 0.05) is 6.54 Å². The standard InChI is InChI=1S/C11H18N4O4S/c1-2-7-13-20(17,18)15-9-5-3-4-6-10(9)19-8-11(12)14-16/h3-6,13,15-16H,2,7-8H2,1H3,(H2,12,14). The maximum absolute atomic E-state index is 11.7. The van der Waals surface area contributed by atoms with E-state index in [0.29, 0.717) is 13.0 Å². The molecule has 0 aromatic heterocycles. The number of amidine groups is 1. The van der Waals surface area contributed by atoms with Crippen LogP contribution >= 0.6 is 0 Å². The summed E-state index contributed by atoms with van der Waals surface area (Å²) in [4.78, 5) is 0. The Hall–Kier alpha value is -2.00. The second-order valence-electron chi connectivity index (χ2n) is 3.88. The number of hydrogen-bond acceptors (Lipinski definition) is 5. The van der Waals surface area contributed by atoms with E-state index in [4.69, 9.17) is 15.7 Å². The zero-order valence-corrected chi connectivity index (χ0v) is 11.9. The molecule has 1 aromatic carbocycles. The van der Waals surface area contributed by atoms with Crippen LogP contribution in [-0.4, -0.2) is 32.6 Å². The van der Waals surface area contributed by atoms with E-state index in [0.717, 1.165) is 0 Å². The second-order valence-corrected chi connectivity index (χ2v) is 5.38. The predicted octanol–water partition coefficient (Wildman–Crippen LogP) is 0.468. The van der Waals surface area contributed by atoms with Gasteiger partial charge in [0.05, 0.1) is 5.69 Å². The third-order valence-electron chi connectivity index (χ3n) is 2.18. The van der Waals surface area contributed by atoms with Crippen molar-refractivity contribution in [1.29, 1.82) is 0 Å². The predicted molar refractivity (Wildman–Crippen MR) is 76.2 cm³/mol. The van der Waals surface area contributed by atoms with E-state index >= 15 is 0 Å². The molecule has 0 aliphatic carbocycles. The molecule has 112 valence electrons. The Morgan fingerprint density at radius 2 is 2.15 bits per heavy atom. The molecule has 20 heavy (non-hydrogen) atoms. The Morgan fingerprint density at radius 1 is 1.45 bits per heavy atom. The average Bonchev–Trinajstić information content (AvgIpc) is 2.43. The first-order valence-corrected chi connectivity index (χ1v) is 7.42. The van der Waals surface area contributed by atoms with Crippen LogP contribution < -0.4 is 19.9 Å².